The van der Waals surface area contributed by atoms with Crippen molar-refractivity contribution in [3.8, 4) is 0 Å². The molecule has 1 aromatic carbocycles. The Hall–Kier alpha value is -1.06. The van der Waals surface area contributed by atoms with E-state index in [0.717, 1.165) is 11.3 Å². The van der Waals surface area contributed by atoms with Crippen LogP contribution in [0.4, 0.5) is 0 Å². The van der Waals surface area contributed by atoms with E-state index >= 15 is 0 Å². The Bertz CT molecular complexity index is 522. The second-order valence-corrected chi connectivity index (χ2v) is 6.28. The largest absolute Gasteiger partial charge is 0.312 e. The van der Waals surface area contributed by atoms with E-state index < -0.39 is 0 Å². The van der Waals surface area contributed by atoms with E-state index in [-0.39, 0.29) is 0 Å². The standard InChI is InChI=1S/C16H22N2S/c1-4-12(2)19-11-16(17-3)14-7-5-9-15-13(14)8-6-10-18-15/h5-10,12,16-17H,4,11H2,1-3H3. The molecule has 0 radical (unpaired) electrons. The summed E-state index contributed by atoms with van der Waals surface area (Å²) in [6.45, 7) is 4.54. The van der Waals surface area contributed by atoms with Gasteiger partial charge < -0.3 is 5.32 Å². The van der Waals surface area contributed by atoms with Crippen LogP contribution in [0.1, 0.15) is 31.9 Å². The highest BCUT2D eigenvalue weighted by Crippen LogP contribution is 2.27. The van der Waals surface area contributed by atoms with Gasteiger partial charge in [-0.1, -0.05) is 32.0 Å². The Morgan fingerprint density at radius 3 is 2.84 bits per heavy atom. The molecule has 1 N–H and O–H groups in total. The second kappa shape index (κ2) is 6.92. The van der Waals surface area contributed by atoms with Crippen LogP contribution in [0.3, 0.4) is 0 Å². The van der Waals surface area contributed by atoms with E-state index in [1.165, 1.54) is 17.4 Å². The third kappa shape index (κ3) is 3.48. The Morgan fingerprint density at radius 1 is 1.26 bits per heavy atom. The first-order chi connectivity index (χ1) is 9.26. The van der Waals surface area contributed by atoms with Crippen molar-refractivity contribution in [1.29, 1.82) is 0 Å². The summed E-state index contributed by atoms with van der Waals surface area (Å²) < 4.78 is 0. The summed E-state index contributed by atoms with van der Waals surface area (Å²) in [5, 5.41) is 5.41. The minimum atomic E-state index is 0.381. The highest BCUT2D eigenvalue weighted by atomic mass is 32.2. The van der Waals surface area contributed by atoms with Crippen LogP contribution in [0.25, 0.3) is 10.9 Å². The zero-order valence-electron chi connectivity index (χ0n) is 11.9. The fourth-order valence-corrected chi connectivity index (χ4v) is 3.24. The van der Waals surface area contributed by atoms with Crippen molar-refractivity contribution in [2.24, 2.45) is 0 Å². The average Bonchev–Trinajstić information content (AvgIpc) is 2.47. The smallest absolute Gasteiger partial charge is 0.0705 e. The molecule has 3 heteroatoms. The maximum absolute atomic E-state index is 4.44. The van der Waals surface area contributed by atoms with Crippen molar-refractivity contribution in [2.75, 3.05) is 12.8 Å². The zero-order valence-corrected chi connectivity index (χ0v) is 12.7. The number of thioether (sulfide) groups is 1. The number of pyridine rings is 1. The van der Waals surface area contributed by atoms with Gasteiger partial charge in [-0.25, -0.2) is 0 Å². The van der Waals surface area contributed by atoms with Crippen LogP contribution >= 0.6 is 11.8 Å². The summed E-state index contributed by atoms with van der Waals surface area (Å²) in [6.07, 6.45) is 3.08. The van der Waals surface area contributed by atoms with Gasteiger partial charge in [0.15, 0.2) is 0 Å². The molecule has 1 aromatic heterocycles. The monoisotopic (exact) mass is 274 g/mol. The van der Waals surface area contributed by atoms with E-state index in [0.29, 0.717) is 11.3 Å². The van der Waals surface area contributed by atoms with Gasteiger partial charge in [0.05, 0.1) is 5.52 Å². The molecule has 2 nitrogen and oxygen atoms in total. The predicted octanol–water partition coefficient (Wildman–Crippen LogP) is 4.03. The fraction of sp³-hybridized carbons (Fsp3) is 0.438. The van der Waals surface area contributed by atoms with Crippen molar-refractivity contribution < 1.29 is 0 Å². The van der Waals surface area contributed by atoms with Crippen molar-refractivity contribution in [3.63, 3.8) is 0 Å². The van der Waals surface area contributed by atoms with Crippen LogP contribution in [-0.2, 0) is 0 Å². The maximum atomic E-state index is 4.44. The first-order valence-corrected chi connectivity index (χ1v) is 7.93. The minimum Gasteiger partial charge on any atom is -0.312 e. The molecule has 0 spiro atoms. The molecule has 19 heavy (non-hydrogen) atoms. The third-order valence-corrected chi connectivity index (χ3v) is 4.95. The third-order valence-electron chi connectivity index (χ3n) is 3.53. The lowest BCUT2D eigenvalue weighted by atomic mass is 10.0. The molecule has 0 saturated carbocycles. The van der Waals surface area contributed by atoms with Crippen molar-refractivity contribution in [2.45, 2.75) is 31.6 Å². The van der Waals surface area contributed by atoms with Crippen LogP contribution in [0.5, 0.6) is 0 Å². The SMILES string of the molecule is CCC(C)SCC(NC)c1cccc2ncccc12. The fourth-order valence-electron chi connectivity index (χ4n) is 2.14. The number of hydrogen-bond acceptors (Lipinski definition) is 3. The van der Waals surface area contributed by atoms with Gasteiger partial charge in [0.1, 0.15) is 0 Å². The van der Waals surface area contributed by atoms with Crippen LogP contribution in [-0.4, -0.2) is 23.0 Å². The van der Waals surface area contributed by atoms with Gasteiger partial charge in [-0.3, -0.25) is 4.98 Å². The molecule has 0 fully saturated rings. The van der Waals surface area contributed by atoms with Crippen molar-refractivity contribution >= 4 is 22.7 Å². The van der Waals surface area contributed by atoms with Gasteiger partial charge in [0, 0.05) is 28.6 Å². The summed E-state index contributed by atoms with van der Waals surface area (Å²) in [7, 11) is 2.04. The number of fused-ring (bicyclic) bond motifs is 1. The Kier molecular flexibility index (Phi) is 5.23. The van der Waals surface area contributed by atoms with E-state index in [2.05, 4.69) is 48.4 Å². The number of nitrogens with one attached hydrogen (secondary N) is 1. The second-order valence-electron chi connectivity index (χ2n) is 4.81. The van der Waals surface area contributed by atoms with Crippen molar-refractivity contribution in [1.82, 2.24) is 10.3 Å². The van der Waals surface area contributed by atoms with Crippen LogP contribution in [0, 0.1) is 0 Å². The van der Waals surface area contributed by atoms with Gasteiger partial charge in [-0.05, 0) is 31.2 Å². The Labute approximate surface area is 120 Å². The molecule has 2 aromatic rings. The molecule has 0 aliphatic rings. The van der Waals surface area contributed by atoms with Crippen molar-refractivity contribution in [3.05, 3.63) is 42.1 Å². The van der Waals surface area contributed by atoms with Crippen LogP contribution in [0.2, 0.25) is 0 Å². The van der Waals surface area contributed by atoms with Gasteiger partial charge in [-0.2, -0.15) is 11.8 Å². The average molecular weight is 274 g/mol. The normalized spacial score (nSPS) is 14.5. The number of benzene rings is 1. The molecule has 2 unspecified atom stereocenters. The van der Waals surface area contributed by atoms with Gasteiger partial charge in [0.2, 0.25) is 0 Å². The van der Waals surface area contributed by atoms with E-state index in [1.807, 2.05) is 31.1 Å². The number of nitrogens with zero attached hydrogens (tertiary/aromatic N) is 1. The molecule has 1 heterocycles. The van der Waals surface area contributed by atoms with E-state index in [1.54, 1.807) is 0 Å². The molecule has 102 valence electrons. The topological polar surface area (TPSA) is 24.9 Å². The molecule has 0 aliphatic carbocycles. The molecule has 2 atom stereocenters. The highest BCUT2D eigenvalue weighted by molar-refractivity contribution is 7.99. The number of hydrogen-bond donors (Lipinski definition) is 1. The first kappa shape index (κ1) is 14.4. The molecule has 2 rings (SSSR count). The predicted molar refractivity (Wildman–Crippen MR) is 85.8 cm³/mol. The lowest BCUT2D eigenvalue weighted by Crippen LogP contribution is -2.20. The van der Waals surface area contributed by atoms with Gasteiger partial charge in [-0.15, -0.1) is 0 Å². The Morgan fingerprint density at radius 2 is 2.11 bits per heavy atom. The molecular formula is C16H22N2S. The molecule has 0 amide bonds. The summed E-state index contributed by atoms with van der Waals surface area (Å²) in [5.41, 5.74) is 2.43. The summed E-state index contributed by atoms with van der Waals surface area (Å²) in [4.78, 5) is 4.44. The zero-order chi connectivity index (χ0) is 13.7. The summed E-state index contributed by atoms with van der Waals surface area (Å²) in [6, 6.07) is 10.9. The lowest BCUT2D eigenvalue weighted by Gasteiger charge is -2.20. The first-order valence-electron chi connectivity index (χ1n) is 6.88. The number of rotatable bonds is 6. The molecule has 0 saturated heterocycles. The molecule has 0 aliphatic heterocycles. The van der Waals surface area contributed by atoms with Crippen LogP contribution < -0.4 is 5.32 Å². The lowest BCUT2D eigenvalue weighted by molar-refractivity contribution is 0.665. The highest BCUT2D eigenvalue weighted by Gasteiger charge is 2.13. The van der Waals surface area contributed by atoms with E-state index in [9.17, 15) is 0 Å². The van der Waals surface area contributed by atoms with E-state index in [4.69, 9.17) is 0 Å². The van der Waals surface area contributed by atoms with Gasteiger partial charge >= 0.3 is 0 Å². The minimum absolute atomic E-state index is 0.381. The van der Waals surface area contributed by atoms with Gasteiger partial charge in [0.25, 0.3) is 0 Å². The van der Waals surface area contributed by atoms with Crippen LogP contribution in [0.15, 0.2) is 36.5 Å². The quantitative estimate of drug-likeness (QED) is 0.861. The summed E-state index contributed by atoms with van der Waals surface area (Å²) in [5.74, 6) is 1.10. The Balaban J connectivity index is 2.25. The number of aromatic nitrogens is 1. The summed E-state index contributed by atoms with van der Waals surface area (Å²) >= 11 is 2.03. The molecular weight excluding hydrogens is 252 g/mol. The maximum Gasteiger partial charge on any atom is 0.0705 e. The molecule has 0 bridgehead atoms.